The normalized spacial score (nSPS) is 7.38. The number of rotatable bonds is 3. The lowest BCUT2D eigenvalue weighted by molar-refractivity contribution is -0.123. The second-order valence-corrected chi connectivity index (χ2v) is 2.16. The maximum atomic E-state index is 8.36. The highest BCUT2D eigenvalue weighted by molar-refractivity contribution is 5.32. The molecule has 0 aromatic heterocycles. The second kappa shape index (κ2) is 22.4. The summed E-state index contributed by atoms with van der Waals surface area (Å²) in [5.74, 6) is 0. The molecular formula is C7H18N2O4. The van der Waals surface area contributed by atoms with Crippen LogP contribution in [0.2, 0.25) is 0 Å². The van der Waals surface area contributed by atoms with Crippen molar-refractivity contribution in [3.05, 3.63) is 0 Å². The highest BCUT2D eigenvalue weighted by atomic mass is 16.3. The average Bonchev–Trinajstić information content (AvgIpc) is 2.04. The summed E-state index contributed by atoms with van der Waals surface area (Å²) in [5, 5.41) is 13.8. The van der Waals surface area contributed by atoms with E-state index < -0.39 is 0 Å². The van der Waals surface area contributed by atoms with Crippen LogP contribution in [-0.2, 0) is 9.59 Å². The van der Waals surface area contributed by atoms with Crippen molar-refractivity contribution in [2.45, 2.75) is 6.42 Å². The molecule has 80 valence electrons. The molecule has 6 nitrogen and oxygen atoms in total. The second-order valence-electron chi connectivity index (χ2n) is 2.16. The minimum absolute atomic E-state index is 0.250. The average molecular weight is 194 g/mol. The van der Waals surface area contributed by atoms with E-state index >= 15 is 0 Å². The van der Waals surface area contributed by atoms with Gasteiger partial charge in [-0.25, -0.2) is 0 Å². The molecule has 0 rings (SSSR count). The first-order valence-electron chi connectivity index (χ1n) is 3.61. The van der Waals surface area contributed by atoms with E-state index in [0.29, 0.717) is 0 Å². The van der Waals surface area contributed by atoms with Gasteiger partial charge in [-0.1, -0.05) is 0 Å². The Bertz CT molecular complexity index is 92.5. The molecule has 13 heavy (non-hydrogen) atoms. The van der Waals surface area contributed by atoms with Gasteiger partial charge in [0.15, 0.2) is 0 Å². The summed E-state index contributed by atoms with van der Waals surface area (Å²) in [6.45, 7) is 1.41. The molecule has 4 N–H and O–H groups in total. The van der Waals surface area contributed by atoms with E-state index in [-0.39, 0.29) is 12.9 Å². The summed E-state index contributed by atoms with van der Waals surface area (Å²) < 4.78 is 0. The van der Waals surface area contributed by atoms with Gasteiger partial charge < -0.3 is 20.8 Å². The van der Waals surface area contributed by atoms with Crippen molar-refractivity contribution >= 4 is 12.9 Å². The number of hydrogen-bond donors (Lipinski definition) is 3. The van der Waals surface area contributed by atoms with Gasteiger partial charge in [0.05, 0.1) is 0 Å². The fourth-order valence-electron chi connectivity index (χ4n) is 0.408. The minimum atomic E-state index is -0.250. The highest BCUT2D eigenvalue weighted by Gasteiger charge is 1.83. The first kappa shape index (κ1) is 17.8. The van der Waals surface area contributed by atoms with Crippen molar-refractivity contribution in [2.24, 2.45) is 5.73 Å². The van der Waals surface area contributed by atoms with E-state index in [1.54, 1.807) is 0 Å². The molecule has 0 aliphatic rings. The lowest BCUT2D eigenvalue weighted by Gasteiger charge is -2.05. The van der Waals surface area contributed by atoms with Crippen LogP contribution in [0.5, 0.6) is 0 Å². The van der Waals surface area contributed by atoms with E-state index in [0.717, 1.165) is 19.5 Å². The van der Waals surface area contributed by atoms with E-state index in [1.807, 2.05) is 0 Å². The van der Waals surface area contributed by atoms with Gasteiger partial charge in [-0.05, 0) is 33.6 Å². The lowest BCUT2D eigenvalue weighted by Crippen LogP contribution is -2.16. The van der Waals surface area contributed by atoms with Crippen molar-refractivity contribution < 1.29 is 19.8 Å². The Kier molecular flexibility index (Phi) is 30.8. The van der Waals surface area contributed by atoms with E-state index in [9.17, 15) is 0 Å². The SMILES string of the molecule is CN(C)CCCN.O=CO.O=CO. The molecule has 0 aliphatic carbocycles. The number of carboxylic acid groups (broad SMARTS) is 2. The van der Waals surface area contributed by atoms with Crippen LogP contribution in [0.25, 0.3) is 0 Å². The monoisotopic (exact) mass is 194 g/mol. The Morgan fingerprint density at radius 3 is 1.62 bits per heavy atom. The number of nitrogens with two attached hydrogens (primary N) is 1. The number of carbonyl (C=O) groups is 2. The zero-order chi connectivity index (χ0) is 11.1. The topological polar surface area (TPSA) is 104 Å². The van der Waals surface area contributed by atoms with Gasteiger partial charge >= 0.3 is 0 Å². The summed E-state index contributed by atoms with van der Waals surface area (Å²) in [5.41, 5.74) is 5.25. The maximum absolute atomic E-state index is 8.36. The molecule has 0 saturated heterocycles. The fourth-order valence-corrected chi connectivity index (χ4v) is 0.408. The highest BCUT2D eigenvalue weighted by Crippen LogP contribution is 1.76. The predicted octanol–water partition coefficient (Wildman–Crippen LogP) is -0.702. The van der Waals surface area contributed by atoms with Crippen molar-refractivity contribution in [3.8, 4) is 0 Å². The fraction of sp³-hybridized carbons (Fsp3) is 0.714. The van der Waals surface area contributed by atoms with Crippen molar-refractivity contribution in [3.63, 3.8) is 0 Å². The molecule has 0 fully saturated rings. The van der Waals surface area contributed by atoms with Gasteiger partial charge in [0.25, 0.3) is 12.9 Å². The third-order valence-corrected chi connectivity index (χ3v) is 0.809. The van der Waals surface area contributed by atoms with E-state index in [2.05, 4.69) is 19.0 Å². The van der Waals surface area contributed by atoms with Crippen LogP contribution >= 0.6 is 0 Å². The van der Waals surface area contributed by atoms with E-state index in [1.165, 1.54) is 0 Å². The number of hydrogen-bond acceptors (Lipinski definition) is 4. The van der Waals surface area contributed by atoms with Gasteiger partial charge in [-0.2, -0.15) is 0 Å². The Balaban J connectivity index is -0.000000140. The predicted molar refractivity (Wildman–Crippen MR) is 49.6 cm³/mol. The van der Waals surface area contributed by atoms with Gasteiger partial charge in [-0.3, -0.25) is 9.59 Å². The third-order valence-electron chi connectivity index (χ3n) is 0.809. The van der Waals surface area contributed by atoms with Crippen LogP contribution < -0.4 is 5.73 Å². The summed E-state index contributed by atoms with van der Waals surface area (Å²) in [4.78, 5) is 18.9. The Morgan fingerprint density at radius 1 is 1.23 bits per heavy atom. The van der Waals surface area contributed by atoms with Crippen molar-refractivity contribution in [1.29, 1.82) is 0 Å². The first-order valence-corrected chi connectivity index (χ1v) is 3.61. The molecule has 0 unspecified atom stereocenters. The zero-order valence-electron chi connectivity index (χ0n) is 8.01. The van der Waals surface area contributed by atoms with Crippen LogP contribution in [0.15, 0.2) is 0 Å². The molecule has 0 aromatic rings. The largest absolute Gasteiger partial charge is 0.483 e. The summed E-state index contributed by atoms with van der Waals surface area (Å²) in [7, 11) is 4.10. The standard InChI is InChI=1S/C5H14N2.2CH2O2/c1-7(2)5-3-4-6;2*2-1-3/h3-6H2,1-2H3;2*1H,(H,2,3). The van der Waals surface area contributed by atoms with Crippen LogP contribution in [-0.4, -0.2) is 55.2 Å². The molecule has 0 aromatic carbocycles. The summed E-state index contributed by atoms with van der Waals surface area (Å²) in [6, 6.07) is 0. The van der Waals surface area contributed by atoms with Gasteiger partial charge in [0.2, 0.25) is 0 Å². The molecule has 6 heteroatoms. The zero-order valence-corrected chi connectivity index (χ0v) is 8.01. The molecule has 0 atom stereocenters. The van der Waals surface area contributed by atoms with Crippen LogP contribution in [0, 0.1) is 0 Å². The van der Waals surface area contributed by atoms with Gasteiger partial charge in [0, 0.05) is 0 Å². The van der Waals surface area contributed by atoms with Crippen LogP contribution in [0.1, 0.15) is 6.42 Å². The summed E-state index contributed by atoms with van der Waals surface area (Å²) in [6.07, 6.45) is 1.10. The Morgan fingerprint density at radius 2 is 1.54 bits per heavy atom. The Hall–Kier alpha value is -1.14. The smallest absolute Gasteiger partial charge is 0.290 e. The molecule has 0 spiro atoms. The lowest BCUT2D eigenvalue weighted by atomic mass is 10.4. The summed E-state index contributed by atoms with van der Waals surface area (Å²) >= 11 is 0. The third kappa shape index (κ3) is 104. The molecule has 0 aliphatic heterocycles. The van der Waals surface area contributed by atoms with Crippen molar-refractivity contribution in [1.82, 2.24) is 4.90 Å². The molecule has 0 heterocycles. The molecular weight excluding hydrogens is 176 g/mol. The quantitative estimate of drug-likeness (QED) is 0.513. The molecule has 0 radical (unpaired) electrons. The maximum Gasteiger partial charge on any atom is 0.290 e. The minimum Gasteiger partial charge on any atom is -0.483 e. The van der Waals surface area contributed by atoms with Crippen LogP contribution in [0.3, 0.4) is 0 Å². The van der Waals surface area contributed by atoms with Crippen molar-refractivity contribution in [2.75, 3.05) is 27.2 Å². The first-order chi connectivity index (χ1) is 6.10. The van der Waals surface area contributed by atoms with Crippen LogP contribution in [0.4, 0.5) is 0 Å². The van der Waals surface area contributed by atoms with Gasteiger partial charge in [0.1, 0.15) is 0 Å². The van der Waals surface area contributed by atoms with E-state index in [4.69, 9.17) is 25.5 Å². The number of nitrogens with zero attached hydrogens (tertiary/aromatic N) is 1. The molecule has 0 amide bonds. The molecule has 0 bridgehead atoms. The van der Waals surface area contributed by atoms with Gasteiger partial charge in [-0.15, -0.1) is 0 Å². The Labute approximate surface area is 78.0 Å². The molecule has 0 saturated carbocycles.